The molecule has 2 atom stereocenters. The topological polar surface area (TPSA) is 67.2 Å². The molecule has 1 aromatic heterocycles. The third-order valence-corrected chi connectivity index (χ3v) is 4.12. The number of halogens is 1. The fraction of sp³-hybridized carbons (Fsp3) is 0.692. The summed E-state index contributed by atoms with van der Waals surface area (Å²) >= 11 is 5.97. The first-order valence-electron chi connectivity index (χ1n) is 6.59. The van der Waals surface area contributed by atoms with Gasteiger partial charge in [-0.1, -0.05) is 31.4 Å². The maximum absolute atomic E-state index is 11.6. The van der Waals surface area contributed by atoms with Crippen molar-refractivity contribution in [1.82, 2.24) is 9.78 Å². The van der Waals surface area contributed by atoms with E-state index in [9.17, 15) is 9.90 Å². The molecule has 1 saturated carbocycles. The maximum Gasteiger partial charge on any atom is 0.287 e. The molecule has 0 bridgehead atoms. The van der Waals surface area contributed by atoms with Crippen molar-refractivity contribution >= 4 is 17.3 Å². The van der Waals surface area contributed by atoms with E-state index >= 15 is 0 Å². The molecule has 0 aromatic carbocycles. The van der Waals surface area contributed by atoms with E-state index in [4.69, 9.17) is 11.6 Å². The second-order valence-electron chi connectivity index (χ2n) is 5.58. The Bertz CT molecular complexity index is 517. The summed E-state index contributed by atoms with van der Waals surface area (Å²) in [5.74, 6) is 0.526. The molecule has 0 aliphatic heterocycles. The summed E-state index contributed by atoms with van der Waals surface area (Å²) in [4.78, 5) is 11.6. The number of rotatable bonds is 3. The summed E-state index contributed by atoms with van der Waals surface area (Å²) in [5, 5.41) is 17.6. The zero-order valence-corrected chi connectivity index (χ0v) is 12.1. The Labute approximate surface area is 117 Å². The van der Waals surface area contributed by atoms with Crippen molar-refractivity contribution in [2.24, 2.45) is 13.0 Å². The predicted molar refractivity (Wildman–Crippen MR) is 75.6 cm³/mol. The first kappa shape index (κ1) is 14.3. The normalized spacial score (nSPS) is 27.3. The second-order valence-corrected chi connectivity index (χ2v) is 5.96. The Balaban J connectivity index is 2.06. The van der Waals surface area contributed by atoms with Crippen molar-refractivity contribution in [3.05, 3.63) is 21.6 Å². The van der Waals surface area contributed by atoms with E-state index in [-0.39, 0.29) is 10.6 Å². The molecule has 1 fully saturated rings. The predicted octanol–water partition coefficient (Wildman–Crippen LogP) is 1.79. The molecule has 1 aromatic rings. The van der Waals surface area contributed by atoms with E-state index in [0.29, 0.717) is 18.2 Å². The molecule has 1 aliphatic rings. The fourth-order valence-electron chi connectivity index (χ4n) is 2.69. The van der Waals surface area contributed by atoms with Gasteiger partial charge < -0.3 is 10.4 Å². The minimum absolute atomic E-state index is 0.116. The summed E-state index contributed by atoms with van der Waals surface area (Å²) in [6.45, 7) is 2.54. The molecule has 19 heavy (non-hydrogen) atoms. The highest BCUT2D eigenvalue weighted by Crippen LogP contribution is 2.32. The molecule has 2 rings (SSSR count). The van der Waals surface area contributed by atoms with Crippen LogP contribution in [0.25, 0.3) is 0 Å². The fourth-order valence-corrected chi connectivity index (χ4v) is 2.92. The average molecular weight is 286 g/mol. The minimum atomic E-state index is -0.720. The lowest BCUT2D eigenvalue weighted by atomic mass is 9.79. The molecule has 0 spiro atoms. The third-order valence-electron chi connectivity index (χ3n) is 3.75. The molecule has 0 radical (unpaired) electrons. The van der Waals surface area contributed by atoms with Crippen LogP contribution in [-0.2, 0) is 7.05 Å². The molecule has 0 amide bonds. The van der Waals surface area contributed by atoms with Gasteiger partial charge in [0, 0.05) is 13.6 Å². The van der Waals surface area contributed by atoms with E-state index in [0.717, 1.165) is 25.7 Å². The van der Waals surface area contributed by atoms with E-state index in [2.05, 4.69) is 17.3 Å². The van der Waals surface area contributed by atoms with Gasteiger partial charge in [0.25, 0.3) is 5.56 Å². The van der Waals surface area contributed by atoms with Crippen molar-refractivity contribution < 1.29 is 5.11 Å². The van der Waals surface area contributed by atoms with Gasteiger partial charge in [-0.15, -0.1) is 0 Å². The number of hydrogen-bond donors (Lipinski definition) is 2. The molecule has 5 nitrogen and oxygen atoms in total. The van der Waals surface area contributed by atoms with Crippen LogP contribution in [0, 0.1) is 5.92 Å². The van der Waals surface area contributed by atoms with Crippen molar-refractivity contribution in [3.63, 3.8) is 0 Å². The van der Waals surface area contributed by atoms with Gasteiger partial charge in [-0.25, -0.2) is 4.68 Å². The Morgan fingerprint density at radius 1 is 1.68 bits per heavy atom. The third kappa shape index (κ3) is 3.28. The number of aliphatic hydroxyl groups is 1. The molecule has 1 heterocycles. The Kier molecular flexibility index (Phi) is 4.16. The zero-order chi connectivity index (χ0) is 14.0. The van der Waals surface area contributed by atoms with Gasteiger partial charge in [0.05, 0.1) is 17.5 Å². The van der Waals surface area contributed by atoms with E-state index in [1.807, 2.05) is 0 Å². The molecule has 6 heteroatoms. The van der Waals surface area contributed by atoms with Gasteiger partial charge in [-0.3, -0.25) is 4.79 Å². The van der Waals surface area contributed by atoms with Crippen LogP contribution in [0.1, 0.15) is 32.6 Å². The number of aryl methyl sites for hydroxylation is 1. The molecule has 2 unspecified atom stereocenters. The summed E-state index contributed by atoms with van der Waals surface area (Å²) in [6, 6.07) is 0. The van der Waals surface area contributed by atoms with Gasteiger partial charge in [0.15, 0.2) is 0 Å². The largest absolute Gasteiger partial charge is 0.388 e. The molecular formula is C13H20ClN3O2. The van der Waals surface area contributed by atoms with Gasteiger partial charge >= 0.3 is 0 Å². The molecular weight excluding hydrogens is 266 g/mol. The van der Waals surface area contributed by atoms with Gasteiger partial charge in [-0.05, 0) is 18.8 Å². The Morgan fingerprint density at radius 2 is 2.42 bits per heavy atom. The standard InChI is InChI=1S/C13H20ClN3O2/c1-9-4-3-5-13(19,6-9)8-15-10-7-16-17(2)12(18)11(10)14/h7,9,15,19H,3-6,8H2,1-2H3. The average Bonchev–Trinajstić information content (AvgIpc) is 2.35. The summed E-state index contributed by atoms with van der Waals surface area (Å²) in [6.07, 6.45) is 5.26. The van der Waals surface area contributed by atoms with E-state index in [1.54, 1.807) is 7.05 Å². The summed E-state index contributed by atoms with van der Waals surface area (Å²) < 4.78 is 1.19. The summed E-state index contributed by atoms with van der Waals surface area (Å²) in [5.41, 5.74) is -0.575. The van der Waals surface area contributed by atoms with Crippen LogP contribution in [0.15, 0.2) is 11.0 Å². The lowest BCUT2D eigenvalue weighted by Gasteiger charge is -2.35. The van der Waals surface area contributed by atoms with Crippen molar-refractivity contribution in [2.75, 3.05) is 11.9 Å². The van der Waals surface area contributed by atoms with Crippen LogP contribution in [0.4, 0.5) is 5.69 Å². The smallest absolute Gasteiger partial charge is 0.287 e. The lowest BCUT2D eigenvalue weighted by Crippen LogP contribution is -2.41. The van der Waals surface area contributed by atoms with E-state index < -0.39 is 5.60 Å². The highest BCUT2D eigenvalue weighted by Gasteiger charge is 2.32. The lowest BCUT2D eigenvalue weighted by molar-refractivity contribution is -0.000767. The van der Waals surface area contributed by atoms with Crippen LogP contribution in [-0.4, -0.2) is 27.0 Å². The van der Waals surface area contributed by atoms with Crippen molar-refractivity contribution in [3.8, 4) is 0 Å². The molecule has 106 valence electrons. The zero-order valence-electron chi connectivity index (χ0n) is 11.3. The second kappa shape index (κ2) is 5.51. The Hall–Kier alpha value is -1.07. The molecule has 2 N–H and O–H groups in total. The van der Waals surface area contributed by atoms with Crippen LogP contribution >= 0.6 is 11.6 Å². The van der Waals surface area contributed by atoms with Gasteiger partial charge in [-0.2, -0.15) is 5.10 Å². The number of nitrogens with zero attached hydrogens (tertiary/aromatic N) is 2. The molecule has 1 aliphatic carbocycles. The first-order chi connectivity index (χ1) is 8.91. The number of nitrogens with one attached hydrogen (secondary N) is 1. The maximum atomic E-state index is 11.6. The highest BCUT2D eigenvalue weighted by atomic mass is 35.5. The minimum Gasteiger partial charge on any atom is -0.388 e. The van der Waals surface area contributed by atoms with Crippen LogP contribution in [0.3, 0.4) is 0 Å². The first-order valence-corrected chi connectivity index (χ1v) is 6.97. The quantitative estimate of drug-likeness (QED) is 0.888. The SMILES string of the molecule is CC1CCCC(O)(CNc2cnn(C)c(=O)c2Cl)C1. The number of aromatic nitrogens is 2. The monoisotopic (exact) mass is 285 g/mol. The summed E-state index contributed by atoms with van der Waals surface area (Å²) in [7, 11) is 1.55. The van der Waals surface area contributed by atoms with Crippen LogP contribution in [0.5, 0.6) is 0 Å². The van der Waals surface area contributed by atoms with Crippen molar-refractivity contribution in [1.29, 1.82) is 0 Å². The number of anilines is 1. The number of hydrogen-bond acceptors (Lipinski definition) is 4. The molecule has 0 saturated heterocycles. The Morgan fingerprint density at radius 3 is 3.11 bits per heavy atom. The van der Waals surface area contributed by atoms with Crippen LogP contribution in [0.2, 0.25) is 5.02 Å². The van der Waals surface area contributed by atoms with Gasteiger partial charge in [0.1, 0.15) is 5.02 Å². The van der Waals surface area contributed by atoms with E-state index in [1.165, 1.54) is 10.9 Å². The van der Waals surface area contributed by atoms with Crippen molar-refractivity contribution in [2.45, 2.75) is 38.2 Å². The van der Waals surface area contributed by atoms with Gasteiger partial charge in [0.2, 0.25) is 0 Å². The van der Waals surface area contributed by atoms with Crippen LogP contribution < -0.4 is 10.9 Å². The highest BCUT2D eigenvalue weighted by molar-refractivity contribution is 6.32.